The maximum absolute atomic E-state index is 15.1. The minimum absolute atomic E-state index is 0.0217. The van der Waals surface area contributed by atoms with Crippen LogP contribution in [0.1, 0.15) is 115 Å². The molecule has 384 valence electrons. The number of H-pyrrole nitrogens is 1. The highest BCUT2D eigenvalue weighted by Gasteiger charge is 2.37. The third kappa shape index (κ3) is 12.1. The van der Waals surface area contributed by atoms with Crippen molar-refractivity contribution in [3.8, 4) is 0 Å². The third-order valence-corrected chi connectivity index (χ3v) is 16.1. The molecule has 5 fully saturated rings. The fourth-order valence-corrected chi connectivity index (χ4v) is 11.8. The highest BCUT2D eigenvalue weighted by molar-refractivity contribution is 5.98. The zero-order valence-electron chi connectivity index (χ0n) is 42.2. The number of halogens is 1. The third-order valence-electron chi connectivity index (χ3n) is 16.1. The van der Waals surface area contributed by atoms with Crippen LogP contribution in [0.2, 0.25) is 0 Å². The molecule has 15 nitrogen and oxygen atoms in total. The van der Waals surface area contributed by atoms with Crippen molar-refractivity contribution >= 4 is 40.3 Å². The van der Waals surface area contributed by atoms with E-state index in [2.05, 4.69) is 31.4 Å². The molecule has 1 aromatic heterocycles. The second-order valence-electron chi connectivity index (χ2n) is 21.3. The van der Waals surface area contributed by atoms with Crippen LogP contribution in [0.5, 0.6) is 0 Å². The first-order chi connectivity index (χ1) is 34.9. The molecule has 4 aliphatic heterocycles. The summed E-state index contributed by atoms with van der Waals surface area (Å²) in [6.45, 7) is 12.5. The second-order valence-corrected chi connectivity index (χ2v) is 21.3. The normalized spacial score (nSPS) is 20.5. The van der Waals surface area contributed by atoms with Gasteiger partial charge in [0, 0.05) is 101 Å². The molecule has 0 bridgehead atoms. The summed E-state index contributed by atoms with van der Waals surface area (Å²) in [5.41, 5.74) is 2.65. The van der Waals surface area contributed by atoms with Gasteiger partial charge in [0.1, 0.15) is 11.9 Å². The van der Waals surface area contributed by atoms with Gasteiger partial charge in [-0.25, -0.2) is 9.49 Å². The molecule has 5 heterocycles. The monoisotopic (exact) mass is 986 g/mol. The lowest BCUT2D eigenvalue weighted by Crippen LogP contribution is -2.57. The molecule has 9 rings (SSSR count). The van der Waals surface area contributed by atoms with Gasteiger partial charge in [0.05, 0.1) is 23.2 Å². The van der Waals surface area contributed by atoms with E-state index in [0.29, 0.717) is 92.3 Å². The van der Waals surface area contributed by atoms with Gasteiger partial charge in [-0.05, 0) is 105 Å². The number of likely N-dealkylation sites (tertiary alicyclic amines) is 2. The van der Waals surface area contributed by atoms with Crippen molar-refractivity contribution in [3.05, 3.63) is 111 Å². The zero-order chi connectivity index (χ0) is 50.3. The van der Waals surface area contributed by atoms with E-state index in [4.69, 9.17) is 0 Å². The predicted molar refractivity (Wildman–Crippen MR) is 274 cm³/mol. The van der Waals surface area contributed by atoms with Crippen molar-refractivity contribution in [2.45, 2.75) is 90.0 Å². The van der Waals surface area contributed by atoms with Crippen LogP contribution in [0.15, 0.2) is 71.5 Å². The van der Waals surface area contributed by atoms with Gasteiger partial charge in [0.25, 0.3) is 17.4 Å². The Morgan fingerprint density at radius 2 is 1.40 bits per heavy atom. The van der Waals surface area contributed by atoms with Crippen molar-refractivity contribution < 1.29 is 28.4 Å². The van der Waals surface area contributed by atoms with Crippen molar-refractivity contribution in [3.63, 3.8) is 0 Å². The molecule has 72 heavy (non-hydrogen) atoms. The Kier molecular flexibility index (Phi) is 16.4. The number of aromatic nitrogens is 2. The quantitative estimate of drug-likeness (QED) is 0.176. The van der Waals surface area contributed by atoms with Gasteiger partial charge in [0.2, 0.25) is 17.7 Å². The largest absolute Gasteiger partial charge is 0.342 e. The number of piperidine rings is 2. The highest BCUT2D eigenvalue weighted by atomic mass is 19.1. The number of aromatic amines is 1. The van der Waals surface area contributed by atoms with E-state index >= 15 is 4.39 Å². The summed E-state index contributed by atoms with van der Waals surface area (Å²) in [7, 11) is 0. The lowest BCUT2D eigenvalue weighted by atomic mass is 9.83. The summed E-state index contributed by atoms with van der Waals surface area (Å²) in [6.07, 6.45) is 9.33. The van der Waals surface area contributed by atoms with Crippen LogP contribution in [0.4, 0.5) is 4.39 Å². The van der Waals surface area contributed by atoms with Gasteiger partial charge < -0.3 is 24.9 Å². The molecule has 2 N–H and O–H groups in total. The van der Waals surface area contributed by atoms with Crippen molar-refractivity contribution in [2.75, 3.05) is 91.6 Å². The average Bonchev–Trinajstić information content (AvgIpc) is 3.42. The van der Waals surface area contributed by atoms with Crippen molar-refractivity contribution in [1.82, 2.24) is 44.9 Å². The summed E-state index contributed by atoms with van der Waals surface area (Å²) in [6, 6.07) is 18.9. The van der Waals surface area contributed by atoms with Gasteiger partial charge in [-0.2, -0.15) is 5.10 Å². The molecule has 16 heteroatoms. The predicted octanol–water partition coefficient (Wildman–Crippen LogP) is 5.53. The topological polar surface area (TPSA) is 163 Å². The Morgan fingerprint density at radius 3 is 2.14 bits per heavy atom. The summed E-state index contributed by atoms with van der Waals surface area (Å²) in [4.78, 5) is 92.6. The maximum atomic E-state index is 15.1. The summed E-state index contributed by atoms with van der Waals surface area (Å²) in [5.74, 6) is -0.253. The summed E-state index contributed by atoms with van der Waals surface area (Å²) >= 11 is 0. The van der Waals surface area contributed by atoms with Crippen LogP contribution < -0.4 is 10.9 Å². The molecule has 0 radical (unpaired) electrons. The number of benzene rings is 3. The number of hydrogen-bond donors (Lipinski definition) is 2. The Balaban J connectivity index is 0.708. The maximum Gasteiger partial charge on any atom is 0.272 e. The molecule has 3 aromatic carbocycles. The molecule has 5 aliphatic rings. The van der Waals surface area contributed by atoms with Crippen LogP contribution in [0.3, 0.4) is 0 Å². The first kappa shape index (κ1) is 50.9. The number of nitrogens with one attached hydrogen (secondary N) is 2. The Labute approximate surface area is 422 Å². The van der Waals surface area contributed by atoms with E-state index < -0.39 is 17.8 Å². The second kappa shape index (κ2) is 23.3. The smallest absolute Gasteiger partial charge is 0.272 e. The van der Waals surface area contributed by atoms with Gasteiger partial charge in [0.15, 0.2) is 0 Å². The SMILES string of the molecule is CC(C)C(=O)N1CCCC(c2cccc(C(=O)N[C@@H](C(=O)N3CCN(CC4CCN(CC(=O)N5CCN(C(=O)c6cc(Cc7n[nH]c(=O)c8ccccc78)ccc6F)CC5)CC4)CC3)C3CCCCC3)c2)C1. The number of fused-ring (bicyclic) bond motifs is 1. The van der Waals surface area contributed by atoms with Crippen molar-refractivity contribution in [2.24, 2.45) is 17.8 Å². The first-order valence-electron chi connectivity index (χ1n) is 26.6. The number of amides is 5. The van der Waals surface area contributed by atoms with Crippen LogP contribution in [-0.2, 0) is 20.8 Å². The molecule has 5 amide bonds. The number of nitrogens with zero attached hydrogens (tertiary/aromatic N) is 7. The number of carbonyl (C=O) groups is 5. The minimum Gasteiger partial charge on any atom is -0.342 e. The standard InChI is InChI=1S/C56H72FN9O6/c1-38(2)54(70)66-21-9-14-44(36-66)42-12-8-13-43(34-42)52(68)58-51(41-10-4-3-5-11-41)56(72)65-26-24-62(25-27-65)35-39-19-22-61(23-20-39)37-50(67)63-28-30-64(31-29-63)55(71)47-32-40(17-18-48(47)57)33-49-45-15-6-7-16-46(45)53(69)60-59-49/h6-8,12-13,15-18,32,34,38-39,41,44,51H,3-5,9-11,14,19-31,33,35-37H2,1-2H3,(H,58,68)(H,60,69)/t44?,51-/m1/s1. The fourth-order valence-electron chi connectivity index (χ4n) is 11.8. The van der Waals surface area contributed by atoms with E-state index in [1.807, 2.05) is 58.9 Å². The molecule has 1 unspecified atom stereocenters. The Morgan fingerprint density at radius 1 is 0.694 bits per heavy atom. The molecule has 2 atom stereocenters. The van der Waals surface area contributed by atoms with Crippen LogP contribution >= 0.6 is 0 Å². The van der Waals surface area contributed by atoms with Crippen LogP contribution in [-0.4, -0.2) is 167 Å². The molecular formula is C56H72FN9O6. The fraction of sp³-hybridized carbons (Fsp3) is 0.554. The molecule has 1 saturated carbocycles. The summed E-state index contributed by atoms with van der Waals surface area (Å²) < 4.78 is 15.1. The van der Waals surface area contributed by atoms with E-state index in [9.17, 15) is 28.8 Å². The molecule has 1 aliphatic carbocycles. The van der Waals surface area contributed by atoms with Gasteiger partial charge in [-0.1, -0.05) is 69.5 Å². The number of carbonyl (C=O) groups excluding carboxylic acids is 5. The number of hydrogen-bond acceptors (Lipinski definition) is 9. The lowest BCUT2D eigenvalue weighted by molar-refractivity contribution is -0.137. The lowest BCUT2D eigenvalue weighted by Gasteiger charge is -2.41. The number of rotatable bonds is 13. The van der Waals surface area contributed by atoms with Gasteiger partial charge in [-0.3, -0.25) is 38.6 Å². The molecule has 4 aromatic rings. The average molecular weight is 986 g/mol. The molecule has 0 spiro atoms. The zero-order valence-corrected chi connectivity index (χ0v) is 42.2. The van der Waals surface area contributed by atoms with Gasteiger partial charge >= 0.3 is 0 Å². The van der Waals surface area contributed by atoms with Crippen LogP contribution in [0, 0.1) is 23.6 Å². The Hall–Kier alpha value is -6.00. The van der Waals surface area contributed by atoms with E-state index in [1.54, 1.807) is 29.2 Å². The van der Waals surface area contributed by atoms with Crippen molar-refractivity contribution in [1.29, 1.82) is 0 Å². The highest BCUT2D eigenvalue weighted by Crippen LogP contribution is 2.31. The van der Waals surface area contributed by atoms with E-state index in [1.165, 1.54) is 6.07 Å². The van der Waals surface area contributed by atoms with Gasteiger partial charge in [-0.15, -0.1) is 0 Å². The molecule has 4 saturated heterocycles. The Bertz CT molecular complexity index is 2650. The first-order valence-corrected chi connectivity index (χ1v) is 26.6. The van der Waals surface area contributed by atoms with E-state index in [0.717, 1.165) is 103 Å². The summed E-state index contributed by atoms with van der Waals surface area (Å²) in [5, 5.41) is 11.2. The molecular weight excluding hydrogens is 914 g/mol. The van der Waals surface area contributed by atoms with Crippen LogP contribution in [0.25, 0.3) is 10.8 Å². The number of piperazine rings is 2. The minimum atomic E-state index is -0.605. The van der Waals surface area contributed by atoms with E-state index in [-0.39, 0.29) is 52.5 Å².